The fourth-order valence-corrected chi connectivity index (χ4v) is 7.26. The maximum atomic E-state index is 11.4. The Morgan fingerprint density at radius 1 is 0.698 bits per heavy atom. The first-order valence-electron chi connectivity index (χ1n) is 21.2. The third kappa shape index (κ3) is 12.0. The zero-order valence-corrected chi connectivity index (χ0v) is 36.6. The number of methoxy groups -OCH3 is 3. The topological polar surface area (TPSA) is 254 Å². The van der Waals surface area contributed by atoms with Gasteiger partial charge in [0.05, 0.1) is 49.4 Å². The number of fused-ring (bicyclic) bond motifs is 2. The number of benzene rings is 2. The molecule has 7 aromatic rings. The molecule has 0 saturated carbocycles. The summed E-state index contributed by atoms with van der Waals surface area (Å²) in [6.07, 6.45) is 13.2. The molecule has 0 spiro atoms. The largest absolute Gasteiger partial charge is 0.496 e. The van der Waals surface area contributed by atoms with Gasteiger partial charge < -0.3 is 31.4 Å². The first-order valence-corrected chi connectivity index (χ1v) is 21.2. The third-order valence-corrected chi connectivity index (χ3v) is 10.5. The van der Waals surface area contributed by atoms with Gasteiger partial charge in [-0.3, -0.25) is 15.2 Å². The number of amides is 1. The van der Waals surface area contributed by atoms with Crippen LogP contribution in [0.5, 0.6) is 17.2 Å². The van der Waals surface area contributed by atoms with Crippen LogP contribution in [0.3, 0.4) is 0 Å². The summed E-state index contributed by atoms with van der Waals surface area (Å²) in [5.41, 5.74) is 26.2. The van der Waals surface area contributed by atoms with Crippen molar-refractivity contribution < 1.29 is 19.0 Å². The van der Waals surface area contributed by atoms with Gasteiger partial charge in [0.2, 0.25) is 17.8 Å². The summed E-state index contributed by atoms with van der Waals surface area (Å²) in [6, 6.07) is 18.9. The number of H-pyrrole nitrogens is 1. The number of aromatic nitrogens is 9. The van der Waals surface area contributed by atoms with E-state index >= 15 is 0 Å². The molecule has 0 saturated heterocycles. The van der Waals surface area contributed by atoms with E-state index in [4.69, 9.17) is 41.4 Å². The summed E-state index contributed by atoms with van der Waals surface area (Å²) in [4.78, 5) is 42.8. The number of unbranched alkanes of at least 4 members (excludes halogenated alkanes) is 8. The second-order valence-corrected chi connectivity index (χ2v) is 15.1. The van der Waals surface area contributed by atoms with Crippen LogP contribution in [0.2, 0.25) is 0 Å². The quantitative estimate of drug-likeness (QED) is 0.0485. The third-order valence-electron chi connectivity index (χ3n) is 10.5. The Morgan fingerprint density at radius 3 is 1.90 bits per heavy atom. The molecule has 5 heterocycles. The van der Waals surface area contributed by atoms with Crippen LogP contribution in [0.1, 0.15) is 88.4 Å². The van der Waals surface area contributed by atoms with Crippen molar-refractivity contribution in [2.45, 2.75) is 84.1 Å². The lowest BCUT2D eigenvalue weighted by molar-refractivity contribution is -0.114. The highest BCUT2D eigenvalue weighted by atomic mass is 16.5. The van der Waals surface area contributed by atoms with Crippen molar-refractivity contribution in [3.63, 3.8) is 0 Å². The average molecular weight is 856 g/mol. The molecule has 330 valence electrons. The van der Waals surface area contributed by atoms with E-state index in [1.165, 1.54) is 58.2 Å². The molecular weight excluding hydrogens is 799 g/mol. The number of rotatable bonds is 19. The van der Waals surface area contributed by atoms with Gasteiger partial charge in [0.25, 0.3) is 0 Å². The predicted molar refractivity (Wildman–Crippen MR) is 246 cm³/mol. The molecule has 8 N–H and O–H groups in total. The molecule has 0 aliphatic heterocycles. The van der Waals surface area contributed by atoms with Crippen LogP contribution in [0, 0.1) is 6.92 Å². The number of hydrogen-bond donors (Lipinski definition) is 5. The number of nitrogens with two attached hydrogens (primary N) is 3. The minimum atomic E-state index is -0.263. The number of nitrogens with one attached hydrogen (secondary N) is 2. The van der Waals surface area contributed by atoms with E-state index in [2.05, 4.69) is 40.4 Å². The fraction of sp³-hybridized carbons (Fsp3) is 0.370. The van der Waals surface area contributed by atoms with Gasteiger partial charge in [0.1, 0.15) is 28.8 Å². The van der Waals surface area contributed by atoms with E-state index in [0.29, 0.717) is 50.8 Å². The highest BCUT2D eigenvalue weighted by molar-refractivity contribution is 5.93. The Labute approximate surface area is 367 Å². The number of hydrogen-bond acceptors (Lipinski definition) is 15. The zero-order chi connectivity index (χ0) is 44.7. The van der Waals surface area contributed by atoms with Gasteiger partial charge in [-0.25, -0.2) is 34.9 Å². The second-order valence-electron chi connectivity index (χ2n) is 15.1. The standard InChI is InChI=1S/C27H40N6O2.C19H17N7O2/c1-34-23-16-13-19(18-24(23)35-2)21-14-15-22-26(31-21)25(33-27(30)32-22)20(29)12-10-8-6-4-3-5-7-9-11-17-28;1-10-8-12(4-7-15(10)28-3)13-5-6-14-16(23-13)17(18-20-9-21-26-18)25-19(24-14)22-11(2)27/h13-16,18,20H,3-12,17,28-29H2,1-2H3,(H2,30,32,33);4-9H,1-3H3,(H,20,21,26)(H,22,24,25,27). The fourth-order valence-electron chi connectivity index (χ4n) is 7.26. The lowest BCUT2D eigenvalue weighted by Crippen LogP contribution is -2.15. The number of carbonyl (C=O) groups excluding carboxylic acids is 1. The number of anilines is 2. The Kier molecular flexibility index (Phi) is 16.2. The van der Waals surface area contributed by atoms with Crippen molar-refractivity contribution in [1.82, 2.24) is 45.1 Å². The number of ether oxygens (including phenoxy) is 3. The van der Waals surface area contributed by atoms with Gasteiger partial charge in [-0.1, -0.05) is 51.4 Å². The summed E-state index contributed by atoms with van der Waals surface area (Å²) in [6.45, 7) is 4.18. The van der Waals surface area contributed by atoms with Crippen molar-refractivity contribution in [3.8, 4) is 51.3 Å². The number of aryl methyl sites for hydroxylation is 1. The summed E-state index contributed by atoms with van der Waals surface area (Å²) < 4.78 is 16.1. The van der Waals surface area contributed by atoms with Gasteiger partial charge >= 0.3 is 0 Å². The molecule has 17 nitrogen and oxygen atoms in total. The van der Waals surface area contributed by atoms with Crippen LogP contribution in [0.15, 0.2) is 67.0 Å². The monoisotopic (exact) mass is 855 g/mol. The maximum Gasteiger partial charge on any atom is 0.230 e. The number of nitrogen functional groups attached to an aromatic ring is 1. The molecule has 0 aliphatic carbocycles. The van der Waals surface area contributed by atoms with Crippen molar-refractivity contribution in [3.05, 3.63) is 78.2 Å². The molecule has 0 aliphatic rings. The molecular formula is C46H57N13O4. The van der Waals surface area contributed by atoms with E-state index in [1.807, 2.05) is 67.6 Å². The molecule has 7 rings (SSSR count). The van der Waals surface area contributed by atoms with Crippen LogP contribution in [0.4, 0.5) is 11.9 Å². The van der Waals surface area contributed by atoms with E-state index < -0.39 is 0 Å². The van der Waals surface area contributed by atoms with Gasteiger partial charge in [0, 0.05) is 24.1 Å². The summed E-state index contributed by atoms with van der Waals surface area (Å²) in [5.74, 6) is 2.71. The molecule has 1 amide bonds. The second kappa shape index (κ2) is 22.3. The lowest BCUT2D eigenvalue weighted by Gasteiger charge is -2.15. The van der Waals surface area contributed by atoms with Crippen LogP contribution in [0.25, 0.3) is 56.1 Å². The number of pyridine rings is 2. The van der Waals surface area contributed by atoms with E-state index in [9.17, 15) is 4.79 Å². The predicted octanol–water partition coefficient (Wildman–Crippen LogP) is 7.90. The van der Waals surface area contributed by atoms with Crippen LogP contribution in [-0.4, -0.2) is 78.9 Å². The van der Waals surface area contributed by atoms with E-state index in [1.54, 1.807) is 21.3 Å². The van der Waals surface area contributed by atoms with Gasteiger partial charge in [-0.05, 0) is 92.5 Å². The van der Waals surface area contributed by atoms with Crippen molar-refractivity contribution in [2.75, 3.05) is 38.9 Å². The summed E-state index contributed by atoms with van der Waals surface area (Å²) in [7, 11) is 4.88. The average Bonchev–Trinajstić information content (AvgIpc) is 3.84. The van der Waals surface area contributed by atoms with Crippen LogP contribution in [-0.2, 0) is 4.79 Å². The SMILES string of the molecule is COc1ccc(-c2ccc3nc(N)nc(C(N)CCCCCCCCCCCN)c3n2)cc1OC.COc1ccc(-c2ccc3nc(NC(C)=O)nc(-c4ncn[nH]4)c3n2)cc1C. The molecule has 0 bridgehead atoms. The first-order chi connectivity index (χ1) is 30.6. The van der Waals surface area contributed by atoms with Crippen LogP contribution >= 0.6 is 0 Å². The minimum absolute atomic E-state index is 0.182. The molecule has 17 heteroatoms. The molecule has 1 unspecified atom stereocenters. The highest BCUT2D eigenvalue weighted by Crippen LogP contribution is 2.34. The van der Waals surface area contributed by atoms with Crippen molar-refractivity contribution in [1.29, 1.82) is 0 Å². The molecule has 2 aromatic carbocycles. The number of aromatic amines is 1. The highest BCUT2D eigenvalue weighted by Gasteiger charge is 2.18. The molecule has 0 radical (unpaired) electrons. The van der Waals surface area contributed by atoms with E-state index in [-0.39, 0.29) is 23.8 Å². The number of nitrogens with zero attached hydrogens (tertiary/aromatic N) is 8. The smallest absolute Gasteiger partial charge is 0.230 e. The zero-order valence-electron chi connectivity index (χ0n) is 36.6. The maximum absolute atomic E-state index is 11.4. The first kappa shape index (κ1) is 45.7. The van der Waals surface area contributed by atoms with E-state index in [0.717, 1.165) is 59.6 Å². The van der Waals surface area contributed by atoms with Gasteiger partial charge in [-0.15, -0.1) is 0 Å². The van der Waals surface area contributed by atoms with Crippen molar-refractivity contribution in [2.24, 2.45) is 11.5 Å². The summed E-state index contributed by atoms with van der Waals surface area (Å²) >= 11 is 0. The normalized spacial score (nSPS) is 11.5. The molecule has 1 atom stereocenters. The Morgan fingerprint density at radius 2 is 1.30 bits per heavy atom. The molecule has 63 heavy (non-hydrogen) atoms. The Hall–Kier alpha value is -6.85. The Balaban J connectivity index is 0.000000214. The van der Waals surface area contributed by atoms with Crippen molar-refractivity contribution >= 4 is 39.9 Å². The van der Waals surface area contributed by atoms with Gasteiger partial charge in [-0.2, -0.15) is 5.10 Å². The Bertz CT molecular complexity index is 2610. The van der Waals surface area contributed by atoms with Crippen LogP contribution < -0.4 is 36.7 Å². The molecule has 5 aromatic heterocycles. The minimum Gasteiger partial charge on any atom is -0.496 e. The van der Waals surface area contributed by atoms with Gasteiger partial charge in [0.15, 0.2) is 17.3 Å². The lowest BCUT2D eigenvalue weighted by atomic mass is 10.0. The number of carbonyl (C=O) groups is 1. The molecule has 0 fully saturated rings. The summed E-state index contributed by atoms with van der Waals surface area (Å²) in [5, 5.41) is 9.27.